The fourth-order valence-corrected chi connectivity index (χ4v) is 3.93. The summed E-state index contributed by atoms with van der Waals surface area (Å²) in [5, 5.41) is 8.11. The first-order chi connectivity index (χ1) is 17.0. The molecule has 8 nitrogen and oxygen atoms in total. The van der Waals surface area contributed by atoms with Crippen LogP contribution >= 0.6 is 0 Å². The van der Waals surface area contributed by atoms with E-state index < -0.39 is 11.8 Å². The zero-order valence-electron chi connectivity index (χ0n) is 18.8. The number of hydrogen-bond donors (Lipinski definition) is 3. The number of hydrazine groups is 1. The van der Waals surface area contributed by atoms with E-state index in [1.165, 1.54) is 0 Å². The zero-order valence-corrected chi connectivity index (χ0v) is 18.8. The van der Waals surface area contributed by atoms with Crippen LogP contribution in [0.2, 0.25) is 0 Å². The number of H-pyrrole nitrogens is 1. The minimum atomic E-state index is -0.472. The normalized spacial score (nSPS) is 10.9. The predicted octanol–water partition coefficient (Wildman–Crippen LogP) is 3.45. The van der Waals surface area contributed by atoms with Crippen molar-refractivity contribution < 1.29 is 9.59 Å². The molecule has 0 aliphatic rings. The van der Waals surface area contributed by atoms with E-state index >= 15 is 0 Å². The summed E-state index contributed by atoms with van der Waals surface area (Å²) in [5.74, 6) is -0.940. The molecule has 2 amide bonds. The van der Waals surface area contributed by atoms with Crippen molar-refractivity contribution in [2.75, 3.05) is 0 Å². The molecule has 0 spiro atoms. The van der Waals surface area contributed by atoms with Gasteiger partial charge in [-0.15, -0.1) is 0 Å². The molecular weight excluding hydrogens is 442 g/mol. The maximum atomic E-state index is 13.1. The molecule has 2 aromatic heterocycles. The van der Waals surface area contributed by atoms with Crippen LogP contribution in [0.25, 0.3) is 32.9 Å². The molecule has 0 aliphatic carbocycles. The van der Waals surface area contributed by atoms with Gasteiger partial charge in [-0.05, 0) is 25.1 Å². The van der Waals surface area contributed by atoms with Crippen LogP contribution in [0.5, 0.6) is 0 Å². The molecule has 5 rings (SSSR count). The van der Waals surface area contributed by atoms with E-state index in [1.807, 2.05) is 55.5 Å². The lowest BCUT2D eigenvalue weighted by atomic mass is 10.0. The van der Waals surface area contributed by atoms with Gasteiger partial charge in [-0.1, -0.05) is 66.2 Å². The average Bonchev–Trinajstić information content (AvgIpc) is 2.89. The van der Waals surface area contributed by atoms with Crippen LogP contribution in [-0.2, 0) is 11.2 Å². The van der Waals surface area contributed by atoms with Crippen molar-refractivity contribution in [1.82, 2.24) is 26.0 Å². The number of aryl methyl sites for hydroxylation is 1. The van der Waals surface area contributed by atoms with E-state index in [4.69, 9.17) is 4.98 Å². The number of aromatic nitrogens is 3. The number of nitrogens with zero attached hydrogens (tertiary/aromatic N) is 2. The van der Waals surface area contributed by atoms with Gasteiger partial charge >= 0.3 is 0 Å². The van der Waals surface area contributed by atoms with Gasteiger partial charge in [-0.25, -0.2) is 10.1 Å². The van der Waals surface area contributed by atoms with E-state index in [0.717, 1.165) is 11.1 Å². The summed E-state index contributed by atoms with van der Waals surface area (Å²) in [4.78, 5) is 42.3. The Balaban J connectivity index is 1.38. The second kappa shape index (κ2) is 9.18. The highest BCUT2D eigenvalue weighted by atomic mass is 16.2. The number of benzene rings is 3. The molecule has 3 N–H and O–H groups in total. The minimum Gasteiger partial charge on any atom is -0.273 e. The molecule has 0 fully saturated rings. The number of pyridine rings is 1. The summed E-state index contributed by atoms with van der Waals surface area (Å²) in [5.41, 5.74) is 8.75. The van der Waals surface area contributed by atoms with Gasteiger partial charge in [-0.2, -0.15) is 5.10 Å². The third kappa shape index (κ3) is 4.49. The number of carbonyl (C=O) groups excluding carboxylic acids is 2. The zero-order chi connectivity index (χ0) is 24.4. The van der Waals surface area contributed by atoms with Crippen LogP contribution in [0.4, 0.5) is 0 Å². The maximum absolute atomic E-state index is 13.1. The van der Waals surface area contributed by atoms with Crippen LogP contribution < -0.4 is 16.4 Å². The highest BCUT2D eigenvalue weighted by molar-refractivity contribution is 6.07. The molecule has 8 heteroatoms. The largest absolute Gasteiger partial charge is 0.273 e. The number of hydrogen-bond acceptors (Lipinski definition) is 5. The fourth-order valence-electron chi connectivity index (χ4n) is 3.93. The average molecular weight is 463 g/mol. The molecular formula is C27H21N5O3. The molecule has 0 saturated carbocycles. The Hall–Kier alpha value is -4.85. The van der Waals surface area contributed by atoms with Crippen LogP contribution in [0.15, 0.2) is 83.7 Å². The molecule has 3 aromatic carbocycles. The first-order valence-electron chi connectivity index (χ1n) is 11.0. The summed E-state index contributed by atoms with van der Waals surface area (Å²) < 4.78 is 0. The summed E-state index contributed by atoms with van der Waals surface area (Å²) in [7, 11) is 0. The minimum absolute atomic E-state index is 0.122. The van der Waals surface area contributed by atoms with E-state index in [-0.39, 0.29) is 12.0 Å². The fraction of sp³-hybridized carbons (Fsp3) is 0.0741. The number of nitrogens with one attached hydrogen (secondary N) is 3. The SMILES string of the molecule is Cc1ccc(-c2cc(C(=O)NNC(=O)Cc3n[nH]c(=O)c4ccccc34)c3ccccc3n2)cc1. The van der Waals surface area contributed by atoms with E-state index in [0.29, 0.717) is 38.6 Å². The highest BCUT2D eigenvalue weighted by Crippen LogP contribution is 2.25. The quantitative estimate of drug-likeness (QED) is 0.353. The predicted molar refractivity (Wildman–Crippen MR) is 134 cm³/mol. The lowest BCUT2D eigenvalue weighted by Crippen LogP contribution is -2.42. The molecule has 5 aromatic rings. The van der Waals surface area contributed by atoms with E-state index in [9.17, 15) is 14.4 Å². The number of para-hydroxylation sites is 1. The first-order valence-corrected chi connectivity index (χ1v) is 11.0. The molecule has 0 radical (unpaired) electrons. The summed E-state index contributed by atoms with van der Waals surface area (Å²) in [6.45, 7) is 2.00. The topological polar surface area (TPSA) is 117 Å². The smallest absolute Gasteiger partial charge is 0.272 e. The van der Waals surface area contributed by atoms with Gasteiger partial charge in [0.05, 0.1) is 34.3 Å². The Labute approximate surface area is 200 Å². The maximum Gasteiger partial charge on any atom is 0.272 e. The number of amides is 2. The van der Waals surface area contributed by atoms with Crippen LogP contribution in [0, 0.1) is 6.92 Å². The van der Waals surface area contributed by atoms with Gasteiger partial charge in [0.25, 0.3) is 11.5 Å². The van der Waals surface area contributed by atoms with Crippen molar-refractivity contribution in [1.29, 1.82) is 0 Å². The van der Waals surface area contributed by atoms with Crippen molar-refractivity contribution >= 4 is 33.5 Å². The molecule has 0 bridgehead atoms. The second-order valence-corrected chi connectivity index (χ2v) is 8.16. The highest BCUT2D eigenvalue weighted by Gasteiger charge is 2.16. The monoisotopic (exact) mass is 463 g/mol. The van der Waals surface area contributed by atoms with Gasteiger partial charge in [0, 0.05) is 16.3 Å². The molecule has 0 unspecified atom stereocenters. The lowest BCUT2D eigenvalue weighted by molar-refractivity contribution is -0.121. The summed E-state index contributed by atoms with van der Waals surface area (Å²) in [6.07, 6.45) is -0.122. The van der Waals surface area contributed by atoms with Crippen molar-refractivity contribution in [2.24, 2.45) is 0 Å². The van der Waals surface area contributed by atoms with Gasteiger partial charge in [0.1, 0.15) is 0 Å². The van der Waals surface area contributed by atoms with Crippen molar-refractivity contribution in [3.8, 4) is 11.3 Å². The lowest BCUT2D eigenvalue weighted by Gasteiger charge is -2.12. The second-order valence-electron chi connectivity index (χ2n) is 8.16. The summed E-state index contributed by atoms with van der Waals surface area (Å²) in [6, 6.07) is 23.9. The van der Waals surface area contributed by atoms with Crippen LogP contribution in [-0.4, -0.2) is 27.0 Å². The molecule has 0 aliphatic heterocycles. The van der Waals surface area contributed by atoms with Gasteiger partial charge < -0.3 is 0 Å². The molecule has 35 heavy (non-hydrogen) atoms. The van der Waals surface area contributed by atoms with Crippen molar-refractivity contribution in [2.45, 2.75) is 13.3 Å². The van der Waals surface area contributed by atoms with Crippen LogP contribution in [0.3, 0.4) is 0 Å². The Kier molecular flexibility index (Phi) is 5.76. The molecule has 172 valence electrons. The Morgan fingerprint density at radius 2 is 1.54 bits per heavy atom. The van der Waals surface area contributed by atoms with E-state index in [1.54, 1.807) is 30.3 Å². The Morgan fingerprint density at radius 1 is 0.857 bits per heavy atom. The standard InChI is InChI=1S/C27H21N5O3/c1-16-10-12-17(13-11-16)23-14-21(19-7-4-5-9-22(19)28-23)27(35)32-30-25(33)15-24-18-6-2-3-8-20(18)26(34)31-29-24/h2-14H,15H2,1H3,(H,30,33)(H,31,34)(H,32,35). The third-order valence-corrected chi connectivity index (χ3v) is 5.73. The Bertz CT molecular complexity index is 1640. The number of rotatable bonds is 4. The van der Waals surface area contributed by atoms with Crippen molar-refractivity contribution in [3.63, 3.8) is 0 Å². The van der Waals surface area contributed by atoms with Gasteiger partial charge in [0.2, 0.25) is 5.91 Å². The van der Waals surface area contributed by atoms with Crippen molar-refractivity contribution in [3.05, 3.63) is 106 Å². The van der Waals surface area contributed by atoms with Gasteiger partial charge in [-0.3, -0.25) is 25.2 Å². The van der Waals surface area contributed by atoms with Crippen LogP contribution in [0.1, 0.15) is 21.6 Å². The van der Waals surface area contributed by atoms with E-state index in [2.05, 4.69) is 21.0 Å². The summed E-state index contributed by atoms with van der Waals surface area (Å²) >= 11 is 0. The number of carbonyl (C=O) groups is 2. The third-order valence-electron chi connectivity index (χ3n) is 5.73. The molecule has 0 atom stereocenters. The molecule has 2 heterocycles. The Morgan fingerprint density at radius 3 is 2.31 bits per heavy atom. The molecule has 0 saturated heterocycles. The van der Waals surface area contributed by atoms with Gasteiger partial charge in [0.15, 0.2) is 0 Å². The number of fused-ring (bicyclic) bond motifs is 2. The first kappa shape index (κ1) is 22.0. The number of aromatic amines is 1.